The molecule has 8 nitrogen and oxygen atoms in total. The Morgan fingerprint density at radius 3 is 2.50 bits per heavy atom. The highest BCUT2D eigenvalue weighted by molar-refractivity contribution is 5.79. The molecule has 0 radical (unpaired) electrons. The standard InChI is InChI=1S/C21H22FN5O3/c1-13-16(14(2)30-25-13)12-17(28)26-8-10-27(11-9-26)21-23-19(18(22)20(29)24-21)15-6-4-3-5-7-15/h3-7H,8-12H2,1-2H3,(H,23,24,29). The summed E-state index contributed by atoms with van der Waals surface area (Å²) in [4.78, 5) is 35.3. The molecule has 2 aromatic heterocycles. The van der Waals surface area contributed by atoms with E-state index in [2.05, 4.69) is 15.1 Å². The number of amides is 1. The number of aromatic amines is 1. The van der Waals surface area contributed by atoms with Crippen LogP contribution in [0.2, 0.25) is 0 Å². The predicted octanol–water partition coefficient (Wildman–Crippen LogP) is 2.07. The molecule has 0 unspecified atom stereocenters. The number of nitrogens with zero attached hydrogens (tertiary/aromatic N) is 4. The first kappa shape index (κ1) is 19.8. The predicted molar refractivity (Wildman–Crippen MR) is 109 cm³/mol. The molecule has 3 aromatic rings. The van der Waals surface area contributed by atoms with Crippen LogP contribution < -0.4 is 10.5 Å². The summed E-state index contributed by atoms with van der Waals surface area (Å²) in [5.74, 6) is 0.0481. The molecule has 30 heavy (non-hydrogen) atoms. The molecule has 1 aliphatic heterocycles. The number of halogens is 1. The fraction of sp³-hybridized carbons (Fsp3) is 0.333. The first-order valence-electron chi connectivity index (χ1n) is 9.73. The van der Waals surface area contributed by atoms with Crippen LogP contribution in [0.5, 0.6) is 0 Å². The van der Waals surface area contributed by atoms with E-state index in [0.717, 1.165) is 11.3 Å². The van der Waals surface area contributed by atoms with Gasteiger partial charge in [-0.3, -0.25) is 14.6 Å². The van der Waals surface area contributed by atoms with Gasteiger partial charge < -0.3 is 14.3 Å². The van der Waals surface area contributed by atoms with Gasteiger partial charge in [-0.25, -0.2) is 4.98 Å². The van der Waals surface area contributed by atoms with Crippen LogP contribution in [-0.2, 0) is 11.2 Å². The number of H-pyrrole nitrogens is 1. The number of rotatable bonds is 4. The van der Waals surface area contributed by atoms with Crippen molar-refractivity contribution in [2.75, 3.05) is 31.1 Å². The van der Waals surface area contributed by atoms with Gasteiger partial charge in [0.05, 0.1) is 12.1 Å². The number of aryl methyl sites for hydroxylation is 2. The molecule has 156 valence electrons. The number of carbonyl (C=O) groups excluding carboxylic acids is 1. The van der Waals surface area contributed by atoms with Crippen molar-refractivity contribution in [1.82, 2.24) is 20.0 Å². The molecule has 0 aliphatic carbocycles. The Labute approximate surface area is 172 Å². The first-order chi connectivity index (χ1) is 14.4. The van der Waals surface area contributed by atoms with Crippen molar-refractivity contribution in [2.24, 2.45) is 0 Å². The summed E-state index contributed by atoms with van der Waals surface area (Å²) in [6.45, 7) is 5.53. The summed E-state index contributed by atoms with van der Waals surface area (Å²) in [6.07, 6.45) is 0.241. The highest BCUT2D eigenvalue weighted by Gasteiger charge is 2.25. The summed E-state index contributed by atoms with van der Waals surface area (Å²) in [6, 6.07) is 8.76. The van der Waals surface area contributed by atoms with Crippen molar-refractivity contribution in [3.8, 4) is 11.3 Å². The fourth-order valence-corrected chi connectivity index (χ4v) is 3.57. The Kier molecular flexibility index (Phi) is 5.35. The number of aromatic nitrogens is 3. The monoisotopic (exact) mass is 411 g/mol. The summed E-state index contributed by atoms with van der Waals surface area (Å²) in [7, 11) is 0. The van der Waals surface area contributed by atoms with Gasteiger partial charge in [-0.2, -0.15) is 4.39 Å². The molecule has 1 N–H and O–H groups in total. The molecule has 1 aliphatic rings. The maximum absolute atomic E-state index is 14.4. The van der Waals surface area contributed by atoms with E-state index >= 15 is 0 Å². The second-order valence-electron chi connectivity index (χ2n) is 7.27. The summed E-state index contributed by atoms with van der Waals surface area (Å²) in [5, 5.41) is 3.89. The van der Waals surface area contributed by atoms with Gasteiger partial charge in [-0.1, -0.05) is 35.5 Å². The topological polar surface area (TPSA) is 95.3 Å². The lowest BCUT2D eigenvalue weighted by Crippen LogP contribution is -2.50. The van der Waals surface area contributed by atoms with Crippen LogP contribution in [-0.4, -0.2) is 52.1 Å². The minimum Gasteiger partial charge on any atom is -0.361 e. The highest BCUT2D eigenvalue weighted by Crippen LogP contribution is 2.21. The third-order valence-corrected chi connectivity index (χ3v) is 5.34. The molecule has 1 amide bonds. The molecule has 1 saturated heterocycles. The molecule has 0 bridgehead atoms. The maximum Gasteiger partial charge on any atom is 0.289 e. The van der Waals surface area contributed by atoms with E-state index in [0.29, 0.717) is 43.5 Å². The lowest BCUT2D eigenvalue weighted by molar-refractivity contribution is -0.130. The highest BCUT2D eigenvalue weighted by atomic mass is 19.1. The first-order valence-corrected chi connectivity index (χ1v) is 9.73. The average Bonchev–Trinajstić information content (AvgIpc) is 3.08. The molecular weight excluding hydrogens is 389 g/mol. The summed E-state index contributed by atoms with van der Waals surface area (Å²) >= 11 is 0. The maximum atomic E-state index is 14.4. The largest absolute Gasteiger partial charge is 0.361 e. The van der Waals surface area contributed by atoms with Gasteiger partial charge in [0.1, 0.15) is 11.5 Å². The van der Waals surface area contributed by atoms with Gasteiger partial charge >= 0.3 is 0 Å². The van der Waals surface area contributed by atoms with Gasteiger partial charge in [-0.05, 0) is 13.8 Å². The van der Waals surface area contributed by atoms with Crippen molar-refractivity contribution in [2.45, 2.75) is 20.3 Å². The number of piperazine rings is 1. The fourth-order valence-electron chi connectivity index (χ4n) is 3.57. The second kappa shape index (κ2) is 8.10. The van der Waals surface area contributed by atoms with Crippen molar-refractivity contribution >= 4 is 11.9 Å². The number of anilines is 1. The van der Waals surface area contributed by atoms with Crippen LogP contribution in [0, 0.1) is 19.7 Å². The van der Waals surface area contributed by atoms with E-state index in [1.54, 1.807) is 36.1 Å². The third kappa shape index (κ3) is 3.83. The normalized spacial score (nSPS) is 14.2. The average molecular weight is 411 g/mol. The number of hydrogen-bond donors (Lipinski definition) is 1. The number of hydrogen-bond acceptors (Lipinski definition) is 6. The van der Waals surface area contributed by atoms with E-state index in [4.69, 9.17) is 4.52 Å². The Hall–Kier alpha value is -3.49. The molecule has 0 spiro atoms. The van der Waals surface area contributed by atoms with Gasteiger partial charge in [-0.15, -0.1) is 0 Å². The van der Waals surface area contributed by atoms with Crippen LogP contribution in [0.3, 0.4) is 0 Å². The third-order valence-electron chi connectivity index (χ3n) is 5.34. The van der Waals surface area contributed by atoms with E-state index in [9.17, 15) is 14.0 Å². The molecule has 1 aromatic carbocycles. The molecule has 1 fully saturated rings. The minimum absolute atomic E-state index is 0.00502. The smallest absolute Gasteiger partial charge is 0.289 e. The van der Waals surface area contributed by atoms with Crippen molar-refractivity contribution in [1.29, 1.82) is 0 Å². The Morgan fingerprint density at radius 2 is 1.87 bits per heavy atom. The number of nitrogens with one attached hydrogen (secondary N) is 1. The zero-order valence-electron chi connectivity index (χ0n) is 16.8. The lowest BCUT2D eigenvalue weighted by Gasteiger charge is -2.35. The van der Waals surface area contributed by atoms with E-state index < -0.39 is 11.4 Å². The molecule has 0 saturated carbocycles. The molecular formula is C21H22FN5O3. The molecule has 4 rings (SSSR count). The molecule has 0 atom stereocenters. The lowest BCUT2D eigenvalue weighted by atomic mass is 10.1. The van der Waals surface area contributed by atoms with E-state index in [1.165, 1.54) is 0 Å². The van der Waals surface area contributed by atoms with E-state index in [1.807, 2.05) is 17.9 Å². The minimum atomic E-state index is -0.904. The Bertz CT molecular complexity index is 1100. The van der Waals surface area contributed by atoms with Gasteiger partial charge in [0.2, 0.25) is 17.7 Å². The van der Waals surface area contributed by atoms with Gasteiger partial charge in [0, 0.05) is 37.3 Å². The van der Waals surface area contributed by atoms with Gasteiger partial charge in [0.25, 0.3) is 5.56 Å². The summed E-state index contributed by atoms with van der Waals surface area (Å²) < 4.78 is 19.5. The summed E-state index contributed by atoms with van der Waals surface area (Å²) in [5.41, 5.74) is 1.29. The quantitative estimate of drug-likeness (QED) is 0.706. The van der Waals surface area contributed by atoms with Crippen LogP contribution >= 0.6 is 0 Å². The Balaban J connectivity index is 1.47. The number of benzene rings is 1. The number of carbonyl (C=O) groups is 1. The Morgan fingerprint density at radius 1 is 1.17 bits per heavy atom. The second-order valence-corrected chi connectivity index (χ2v) is 7.27. The van der Waals surface area contributed by atoms with Crippen molar-refractivity contribution in [3.63, 3.8) is 0 Å². The van der Waals surface area contributed by atoms with Crippen LogP contribution in [0.4, 0.5) is 10.3 Å². The zero-order valence-corrected chi connectivity index (χ0v) is 16.8. The van der Waals surface area contributed by atoms with Gasteiger partial charge in [0.15, 0.2) is 0 Å². The SMILES string of the molecule is Cc1noc(C)c1CC(=O)N1CCN(c2nc(-c3ccccc3)c(F)c(=O)[nH]2)CC1. The van der Waals surface area contributed by atoms with Crippen LogP contribution in [0.1, 0.15) is 17.0 Å². The van der Waals surface area contributed by atoms with Crippen LogP contribution in [0.15, 0.2) is 39.6 Å². The molecule has 9 heteroatoms. The van der Waals surface area contributed by atoms with E-state index in [-0.39, 0.29) is 18.0 Å². The van der Waals surface area contributed by atoms with Crippen molar-refractivity contribution < 1.29 is 13.7 Å². The molecule has 3 heterocycles. The van der Waals surface area contributed by atoms with Crippen LogP contribution in [0.25, 0.3) is 11.3 Å². The zero-order chi connectivity index (χ0) is 21.3. The van der Waals surface area contributed by atoms with Crippen molar-refractivity contribution in [3.05, 3.63) is 63.5 Å².